The lowest BCUT2D eigenvalue weighted by Crippen LogP contribution is -2.45. The first kappa shape index (κ1) is 54.3. The Morgan fingerprint density at radius 2 is 0.786 bits per heavy atom. The van der Waals surface area contributed by atoms with E-state index in [2.05, 4.69) is 55.6 Å². The Morgan fingerprint density at radius 3 is 1.20 bits per heavy atom. The molecular formula is C52H97NO3. The number of rotatable bonds is 45. The highest BCUT2D eigenvalue weighted by atomic mass is 16.3. The van der Waals surface area contributed by atoms with E-state index in [0.717, 1.165) is 44.9 Å². The minimum Gasteiger partial charge on any atom is -0.394 e. The van der Waals surface area contributed by atoms with Gasteiger partial charge in [0.15, 0.2) is 0 Å². The van der Waals surface area contributed by atoms with Crippen LogP contribution >= 0.6 is 0 Å². The Hall–Kier alpha value is -1.65. The van der Waals surface area contributed by atoms with E-state index >= 15 is 0 Å². The Labute approximate surface area is 350 Å². The first-order valence-electron chi connectivity index (χ1n) is 24.9. The first-order valence-corrected chi connectivity index (χ1v) is 24.9. The van der Waals surface area contributed by atoms with Crippen LogP contribution in [0, 0.1) is 0 Å². The van der Waals surface area contributed by atoms with Gasteiger partial charge in [-0.05, 0) is 57.8 Å². The number of carbonyl (C=O) groups is 1. The Bertz CT molecular complexity index is 893. The number of nitrogens with one attached hydrogen (secondary N) is 1. The van der Waals surface area contributed by atoms with Crippen LogP contribution in [0.2, 0.25) is 0 Å². The van der Waals surface area contributed by atoms with Crippen molar-refractivity contribution < 1.29 is 15.0 Å². The molecule has 2 unspecified atom stereocenters. The Balaban J connectivity index is 3.34. The number of hydrogen-bond donors (Lipinski definition) is 3. The first-order chi connectivity index (χ1) is 27.7. The summed E-state index contributed by atoms with van der Waals surface area (Å²) in [5.41, 5.74) is 0. The lowest BCUT2D eigenvalue weighted by molar-refractivity contribution is -0.123. The van der Waals surface area contributed by atoms with Crippen LogP contribution in [0.1, 0.15) is 258 Å². The van der Waals surface area contributed by atoms with Gasteiger partial charge in [0.2, 0.25) is 5.91 Å². The maximum Gasteiger partial charge on any atom is 0.220 e. The lowest BCUT2D eigenvalue weighted by Gasteiger charge is -2.19. The largest absolute Gasteiger partial charge is 0.394 e. The molecular weight excluding hydrogens is 687 g/mol. The van der Waals surface area contributed by atoms with Crippen molar-refractivity contribution in [2.24, 2.45) is 0 Å². The number of aliphatic hydroxyl groups is 2. The average molecular weight is 784 g/mol. The molecule has 0 heterocycles. The lowest BCUT2D eigenvalue weighted by atomic mass is 10.0. The van der Waals surface area contributed by atoms with Crippen LogP contribution in [-0.2, 0) is 4.79 Å². The van der Waals surface area contributed by atoms with Crippen molar-refractivity contribution in [1.82, 2.24) is 5.32 Å². The molecule has 1 amide bonds. The third-order valence-corrected chi connectivity index (χ3v) is 11.3. The Morgan fingerprint density at radius 1 is 0.429 bits per heavy atom. The third kappa shape index (κ3) is 43.5. The normalized spacial score (nSPS) is 13.3. The summed E-state index contributed by atoms with van der Waals surface area (Å²) in [5.74, 6) is -0.0759. The van der Waals surface area contributed by atoms with Crippen molar-refractivity contribution in [3.05, 3.63) is 48.6 Å². The van der Waals surface area contributed by atoms with Crippen molar-refractivity contribution in [2.45, 2.75) is 270 Å². The maximum absolute atomic E-state index is 12.3. The maximum atomic E-state index is 12.3. The van der Waals surface area contributed by atoms with E-state index in [1.54, 1.807) is 6.08 Å². The van der Waals surface area contributed by atoms with Crippen LogP contribution in [0.3, 0.4) is 0 Å². The van der Waals surface area contributed by atoms with E-state index in [-0.39, 0.29) is 12.5 Å². The van der Waals surface area contributed by atoms with Crippen LogP contribution in [-0.4, -0.2) is 34.9 Å². The van der Waals surface area contributed by atoms with Crippen molar-refractivity contribution in [2.75, 3.05) is 6.61 Å². The number of amides is 1. The van der Waals surface area contributed by atoms with Gasteiger partial charge in [-0.25, -0.2) is 0 Å². The molecule has 0 saturated carbocycles. The molecule has 328 valence electrons. The minimum atomic E-state index is -0.857. The number of carbonyl (C=O) groups excluding carboxylic acids is 1. The molecule has 0 aliphatic heterocycles. The zero-order valence-electron chi connectivity index (χ0n) is 37.7. The summed E-state index contributed by atoms with van der Waals surface area (Å²) in [6, 6.07) is -0.634. The van der Waals surface area contributed by atoms with Gasteiger partial charge in [0.05, 0.1) is 18.8 Å². The fourth-order valence-electron chi connectivity index (χ4n) is 7.47. The van der Waals surface area contributed by atoms with E-state index in [9.17, 15) is 15.0 Å². The molecule has 0 saturated heterocycles. The summed E-state index contributed by atoms with van der Waals surface area (Å²) in [6.45, 7) is 4.19. The average Bonchev–Trinajstić information content (AvgIpc) is 3.20. The van der Waals surface area contributed by atoms with Gasteiger partial charge in [-0.15, -0.1) is 0 Å². The second kappa shape index (κ2) is 47.7. The molecule has 0 aromatic carbocycles. The minimum absolute atomic E-state index is 0.0759. The van der Waals surface area contributed by atoms with Gasteiger partial charge < -0.3 is 15.5 Å². The number of aliphatic hydroxyl groups excluding tert-OH is 2. The van der Waals surface area contributed by atoms with Gasteiger partial charge in [-0.1, -0.05) is 242 Å². The molecule has 0 radical (unpaired) electrons. The van der Waals surface area contributed by atoms with Crippen LogP contribution in [0.25, 0.3) is 0 Å². The third-order valence-electron chi connectivity index (χ3n) is 11.3. The molecule has 0 aromatic heterocycles. The van der Waals surface area contributed by atoms with Gasteiger partial charge in [-0.2, -0.15) is 0 Å². The smallest absolute Gasteiger partial charge is 0.220 e. The summed E-state index contributed by atoms with van der Waals surface area (Å²) in [5, 5.41) is 22.8. The number of hydrogen-bond acceptors (Lipinski definition) is 3. The van der Waals surface area contributed by atoms with Crippen molar-refractivity contribution in [1.29, 1.82) is 0 Å². The highest BCUT2D eigenvalue weighted by molar-refractivity contribution is 5.76. The van der Waals surface area contributed by atoms with Gasteiger partial charge >= 0.3 is 0 Å². The summed E-state index contributed by atoms with van der Waals surface area (Å²) in [6.07, 6.45) is 65.8. The van der Waals surface area contributed by atoms with Crippen molar-refractivity contribution in [3.63, 3.8) is 0 Å². The highest BCUT2D eigenvalue weighted by Crippen LogP contribution is 2.16. The zero-order chi connectivity index (χ0) is 40.7. The number of unbranched alkanes of at least 4 members (excludes halogenated alkanes) is 32. The standard InChI is InChI=1S/C52H97NO3/c1-3-5-7-9-11-12-13-14-15-16-17-18-19-20-21-22-23-24-25-26-27-28-29-30-31-32-33-34-35-36-37-38-39-40-42-44-46-48-52(56)53-50(49-54)51(55)47-45-43-41-10-8-6-4-2/h8,10,13-14,16-17,45,47,50-51,54-55H,3-7,9,11-12,15,18-44,46,48-49H2,1-2H3,(H,53,56)/b10-8+,14-13-,17-16-,47-45+. The molecule has 56 heavy (non-hydrogen) atoms. The van der Waals surface area contributed by atoms with Crippen LogP contribution < -0.4 is 5.32 Å². The molecule has 0 rings (SSSR count). The summed E-state index contributed by atoms with van der Waals surface area (Å²) in [4.78, 5) is 12.3. The number of allylic oxidation sites excluding steroid dienone is 7. The molecule has 0 bridgehead atoms. The zero-order valence-corrected chi connectivity index (χ0v) is 37.7. The second-order valence-corrected chi connectivity index (χ2v) is 16.9. The molecule has 0 fully saturated rings. The highest BCUT2D eigenvalue weighted by Gasteiger charge is 2.17. The predicted octanol–water partition coefficient (Wildman–Crippen LogP) is 15.9. The van der Waals surface area contributed by atoms with E-state index in [1.807, 2.05) is 6.08 Å². The molecule has 3 N–H and O–H groups in total. The van der Waals surface area contributed by atoms with E-state index in [0.29, 0.717) is 6.42 Å². The van der Waals surface area contributed by atoms with Gasteiger partial charge in [-0.3, -0.25) is 4.79 Å². The topological polar surface area (TPSA) is 69.6 Å². The summed E-state index contributed by atoms with van der Waals surface area (Å²) in [7, 11) is 0. The second-order valence-electron chi connectivity index (χ2n) is 16.9. The molecule has 4 heteroatoms. The Kier molecular flexibility index (Phi) is 46.3. The SMILES string of the molecule is CCC/C=C/CC/C=C/C(O)C(CO)NC(=O)CCCCCCCCCCCCCCCCCCCCCCCCCCC/C=C\C/C=C\CCCCCCC. The van der Waals surface area contributed by atoms with Crippen molar-refractivity contribution >= 4 is 5.91 Å². The monoisotopic (exact) mass is 784 g/mol. The molecule has 0 aliphatic rings. The molecule has 0 spiro atoms. The van der Waals surface area contributed by atoms with E-state index in [4.69, 9.17) is 0 Å². The van der Waals surface area contributed by atoms with Crippen LogP contribution in [0.15, 0.2) is 48.6 Å². The van der Waals surface area contributed by atoms with E-state index in [1.165, 1.54) is 193 Å². The summed E-state index contributed by atoms with van der Waals surface area (Å²) < 4.78 is 0. The molecule has 0 aromatic rings. The van der Waals surface area contributed by atoms with Gasteiger partial charge in [0.1, 0.15) is 0 Å². The van der Waals surface area contributed by atoms with Crippen LogP contribution in [0.5, 0.6) is 0 Å². The van der Waals surface area contributed by atoms with Gasteiger partial charge in [0, 0.05) is 6.42 Å². The fraction of sp³-hybridized carbons (Fsp3) is 0.827. The van der Waals surface area contributed by atoms with Crippen LogP contribution in [0.4, 0.5) is 0 Å². The molecule has 0 aliphatic carbocycles. The summed E-state index contributed by atoms with van der Waals surface area (Å²) >= 11 is 0. The quantitative estimate of drug-likeness (QED) is 0.0425. The van der Waals surface area contributed by atoms with E-state index < -0.39 is 12.1 Å². The predicted molar refractivity (Wildman–Crippen MR) is 248 cm³/mol. The fourth-order valence-corrected chi connectivity index (χ4v) is 7.47. The van der Waals surface area contributed by atoms with Crippen molar-refractivity contribution in [3.8, 4) is 0 Å². The van der Waals surface area contributed by atoms with Gasteiger partial charge in [0.25, 0.3) is 0 Å². The molecule has 2 atom stereocenters. The molecule has 4 nitrogen and oxygen atoms in total.